The maximum Gasteiger partial charge on any atom is 0.251 e. The van der Waals surface area contributed by atoms with Gasteiger partial charge in [0.05, 0.1) is 17.9 Å². The summed E-state index contributed by atoms with van der Waals surface area (Å²) in [5.74, 6) is -0.0717. The number of rotatable bonds is 5. The maximum absolute atomic E-state index is 12.5. The molecule has 0 aliphatic carbocycles. The topological polar surface area (TPSA) is 72.3 Å². The zero-order valence-corrected chi connectivity index (χ0v) is 15.8. The minimum absolute atomic E-state index is 0.0717. The molecule has 140 valence electrons. The van der Waals surface area contributed by atoms with Crippen molar-refractivity contribution in [2.45, 2.75) is 45.4 Å². The minimum Gasteiger partial charge on any atom is -0.373 e. The van der Waals surface area contributed by atoms with Crippen molar-refractivity contribution in [3.8, 4) is 5.69 Å². The van der Waals surface area contributed by atoms with Gasteiger partial charge in [-0.15, -0.1) is 0 Å². The number of ether oxygens (including phenoxy) is 1. The van der Waals surface area contributed by atoms with E-state index in [4.69, 9.17) is 4.74 Å². The van der Waals surface area contributed by atoms with Crippen LogP contribution in [-0.2, 0) is 4.74 Å². The van der Waals surface area contributed by atoms with Gasteiger partial charge in [-0.2, -0.15) is 5.10 Å². The number of benzene rings is 1. The van der Waals surface area contributed by atoms with Gasteiger partial charge in [-0.25, -0.2) is 9.67 Å². The van der Waals surface area contributed by atoms with Gasteiger partial charge < -0.3 is 10.1 Å². The summed E-state index contributed by atoms with van der Waals surface area (Å²) in [7, 11) is 0. The van der Waals surface area contributed by atoms with Gasteiger partial charge in [-0.3, -0.25) is 9.69 Å². The van der Waals surface area contributed by atoms with E-state index in [9.17, 15) is 4.79 Å². The molecule has 26 heavy (non-hydrogen) atoms. The number of amides is 1. The molecule has 1 aromatic carbocycles. The van der Waals surface area contributed by atoms with Crippen LogP contribution in [0.15, 0.2) is 36.9 Å². The van der Waals surface area contributed by atoms with Gasteiger partial charge in [0, 0.05) is 30.7 Å². The molecule has 3 rings (SSSR count). The normalized spacial score (nSPS) is 21.5. The number of carbonyl (C=O) groups is 1. The van der Waals surface area contributed by atoms with E-state index in [0.717, 1.165) is 18.8 Å². The molecule has 7 nitrogen and oxygen atoms in total. The van der Waals surface area contributed by atoms with Crippen molar-refractivity contribution in [3.05, 3.63) is 42.5 Å². The molecular formula is C19H27N5O2. The van der Waals surface area contributed by atoms with Crippen LogP contribution in [0.4, 0.5) is 0 Å². The highest BCUT2D eigenvalue weighted by molar-refractivity contribution is 5.94. The molecule has 7 heteroatoms. The van der Waals surface area contributed by atoms with Crippen molar-refractivity contribution in [1.29, 1.82) is 0 Å². The van der Waals surface area contributed by atoms with Crippen LogP contribution in [0.3, 0.4) is 0 Å². The standard InChI is InChI=1S/C19H27N5O2/c1-14-9-23(10-15(2)26-14)19(3,4)11-21-18(25)16-5-7-17(8-6-16)24-13-20-12-22-24/h5-8,12-15H,9-11H2,1-4H3,(H,21,25). The number of aromatic nitrogens is 3. The summed E-state index contributed by atoms with van der Waals surface area (Å²) in [6.07, 6.45) is 3.52. The SMILES string of the molecule is CC1CN(C(C)(C)CNC(=O)c2ccc(-n3cncn3)cc2)CC(C)O1. The van der Waals surface area contributed by atoms with E-state index < -0.39 is 0 Å². The number of hydrogen-bond acceptors (Lipinski definition) is 5. The van der Waals surface area contributed by atoms with Crippen LogP contribution >= 0.6 is 0 Å². The third kappa shape index (κ3) is 4.28. The smallest absolute Gasteiger partial charge is 0.251 e. The molecule has 2 unspecified atom stereocenters. The molecule has 0 bridgehead atoms. The fourth-order valence-corrected chi connectivity index (χ4v) is 3.29. The van der Waals surface area contributed by atoms with Crippen LogP contribution in [0.1, 0.15) is 38.1 Å². The Labute approximate surface area is 154 Å². The van der Waals surface area contributed by atoms with E-state index >= 15 is 0 Å². The number of nitrogens with one attached hydrogen (secondary N) is 1. The van der Waals surface area contributed by atoms with Crippen LogP contribution < -0.4 is 5.32 Å². The van der Waals surface area contributed by atoms with E-state index in [2.05, 4.69) is 48.0 Å². The largest absolute Gasteiger partial charge is 0.373 e. The Morgan fingerprint density at radius 2 is 1.88 bits per heavy atom. The second-order valence-electron chi connectivity index (χ2n) is 7.54. The van der Waals surface area contributed by atoms with Crippen molar-refractivity contribution in [2.24, 2.45) is 0 Å². The summed E-state index contributed by atoms with van der Waals surface area (Å²) in [5, 5.41) is 7.15. The van der Waals surface area contributed by atoms with E-state index in [1.165, 1.54) is 6.33 Å². The monoisotopic (exact) mass is 357 g/mol. The zero-order chi connectivity index (χ0) is 18.7. The van der Waals surface area contributed by atoms with E-state index in [1.54, 1.807) is 23.1 Å². The van der Waals surface area contributed by atoms with Crippen molar-refractivity contribution in [2.75, 3.05) is 19.6 Å². The lowest BCUT2D eigenvalue weighted by molar-refractivity contribution is -0.0948. The second-order valence-corrected chi connectivity index (χ2v) is 7.54. The third-order valence-electron chi connectivity index (χ3n) is 4.77. The van der Waals surface area contributed by atoms with Crippen LogP contribution in [0.2, 0.25) is 0 Å². The predicted octanol–water partition coefficient (Wildman–Crippen LogP) is 1.88. The molecule has 0 spiro atoms. The quantitative estimate of drug-likeness (QED) is 0.885. The van der Waals surface area contributed by atoms with E-state index in [1.807, 2.05) is 12.1 Å². The van der Waals surface area contributed by atoms with Gasteiger partial charge >= 0.3 is 0 Å². The van der Waals surface area contributed by atoms with Crippen LogP contribution in [-0.4, -0.2) is 63.0 Å². The zero-order valence-electron chi connectivity index (χ0n) is 15.8. The molecule has 1 amide bonds. The first-order valence-electron chi connectivity index (χ1n) is 8.99. The highest BCUT2D eigenvalue weighted by Crippen LogP contribution is 2.20. The van der Waals surface area contributed by atoms with Gasteiger partial charge in [-0.1, -0.05) is 0 Å². The first-order chi connectivity index (χ1) is 12.3. The molecule has 2 aromatic rings. The lowest BCUT2D eigenvalue weighted by Crippen LogP contribution is -2.58. The molecule has 1 aliphatic heterocycles. The Hall–Kier alpha value is -2.25. The predicted molar refractivity (Wildman–Crippen MR) is 99.4 cm³/mol. The summed E-state index contributed by atoms with van der Waals surface area (Å²) in [6, 6.07) is 7.33. The number of carbonyl (C=O) groups excluding carboxylic acids is 1. The molecule has 2 heterocycles. The average Bonchev–Trinajstić information content (AvgIpc) is 3.14. The van der Waals surface area contributed by atoms with Gasteiger partial charge in [0.2, 0.25) is 0 Å². The minimum atomic E-state index is -0.136. The first kappa shape index (κ1) is 18.5. The Bertz CT molecular complexity index is 717. The summed E-state index contributed by atoms with van der Waals surface area (Å²) in [5.41, 5.74) is 1.37. The molecule has 1 fully saturated rings. The van der Waals surface area contributed by atoms with Crippen molar-refractivity contribution < 1.29 is 9.53 Å². The molecule has 0 saturated carbocycles. The summed E-state index contributed by atoms with van der Waals surface area (Å²) in [6.45, 7) is 10.8. The third-order valence-corrected chi connectivity index (χ3v) is 4.77. The van der Waals surface area contributed by atoms with E-state index in [0.29, 0.717) is 12.1 Å². The highest BCUT2D eigenvalue weighted by atomic mass is 16.5. The van der Waals surface area contributed by atoms with Crippen LogP contribution in [0, 0.1) is 0 Å². The van der Waals surface area contributed by atoms with Gasteiger partial charge in [-0.05, 0) is 52.0 Å². The highest BCUT2D eigenvalue weighted by Gasteiger charge is 2.33. The Morgan fingerprint density at radius 1 is 1.23 bits per heavy atom. The first-order valence-corrected chi connectivity index (χ1v) is 8.99. The molecule has 1 saturated heterocycles. The molecule has 1 aliphatic rings. The number of hydrogen-bond donors (Lipinski definition) is 1. The molecule has 1 N–H and O–H groups in total. The van der Waals surface area contributed by atoms with Gasteiger partial charge in [0.15, 0.2) is 0 Å². The summed E-state index contributed by atoms with van der Waals surface area (Å²) < 4.78 is 7.47. The Balaban J connectivity index is 1.59. The molecule has 0 radical (unpaired) electrons. The molecule has 1 aromatic heterocycles. The van der Waals surface area contributed by atoms with Gasteiger partial charge in [0.25, 0.3) is 5.91 Å². The fraction of sp³-hybridized carbons (Fsp3) is 0.526. The second kappa shape index (κ2) is 7.55. The van der Waals surface area contributed by atoms with Crippen molar-refractivity contribution in [3.63, 3.8) is 0 Å². The van der Waals surface area contributed by atoms with Crippen molar-refractivity contribution in [1.82, 2.24) is 25.0 Å². The van der Waals surface area contributed by atoms with Crippen LogP contribution in [0.25, 0.3) is 5.69 Å². The molecule has 2 atom stereocenters. The van der Waals surface area contributed by atoms with E-state index in [-0.39, 0.29) is 23.7 Å². The lowest BCUT2D eigenvalue weighted by Gasteiger charge is -2.45. The van der Waals surface area contributed by atoms with Crippen molar-refractivity contribution >= 4 is 5.91 Å². The van der Waals surface area contributed by atoms with Gasteiger partial charge in [0.1, 0.15) is 12.7 Å². The maximum atomic E-state index is 12.5. The lowest BCUT2D eigenvalue weighted by atomic mass is 10.00. The Morgan fingerprint density at radius 3 is 2.46 bits per heavy atom. The fourth-order valence-electron chi connectivity index (χ4n) is 3.29. The summed E-state index contributed by atoms with van der Waals surface area (Å²) in [4.78, 5) is 18.8. The Kier molecular flexibility index (Phi) is 5.38. The number of morpholine rings is 1. The average molecular weight is 357 g/mol. The van der Waals surface area contributed by atoms with Crippen LogP contribution in [0.5, 0.6) is 0 Å². The number of nitrogens with zero attached hydrogens (tertiary/aromatic N) is 4. The summed E-state index contributed by atoms with van der Waals surface area (Å²) >= 11 is 0. The molecular weight excluding hydrogens is 330 g/mol.